The highest BCUT2D eigenvalue weighted by atomic mass is 35.5. The van der Waals surface area contributed by atoms with E-state index in [1.807, 2.05) is 30.3 Å². The van der Waals surface area contributed by atoms with E-state index in [2.05, 4.69) is 5.32 Å². The number of ether oxygens (including phenoxy) is 3. The molecule has 0 heterocycles. The van der Waals surface area contributed by atoms with Crippen LogP contribution in [0.5, 0.6) is 17.2 Å². The molecule has 112 valence electrons. The molecular formula is C16H18ClNO3. The van der Waals surface area contributed by atoms with Gasteiger partial charge in [0.15, 0.2) is 11.5 Å². The summed E-state index contributed by atoms with van der Waals surface area (Å²) in [5.74, 6) is 2.16. The lowest BCUT2D eigenvalue weighted by atomic mass is 10.1. The van der Waals surface area contributed by atoms with Crippen LogP contribution < -0.4 is 19.5 Å². The molecule has 0 aliphatic rings. The van der Waals surface area contributed by atoms with Crippen LogP contribution in [0.15, 0.2) is 36.4 Å². The van der Waals surface area contributed by atoms with Gasteiger partial charge in [-0.05, 0) is 24.3 Å². The molecule has 21 heavy (non-hydrogen) atoms. The molecule has 4 nitrogen and oxygen atoms in total. The van der Waals surface area contributed by atoms with Gasteiger partial charge in [0.25, 0.3) is 0 Å². The summed E-state index contributed by atoms with van der Waals surface area (Å²) in [6.07, 6.45) is 0. The van der Waals surface area contributed by atoms with Crippen molar-refractivity contribution in [1.82, 2.24) is 0 Å². The summed E-state index contributed by atoms with van der Waals surface area (Å²) in [4.78, 5) is 0. The lowest BCUT2D eigenvalue weighted by Gasteiger charge is -2.15. The number of halogens is 1. The number of benzene rings is 2. The van der Waals surface area contributed by atoms with E-state index in [4.69, 9.17) is 25.8 Å². The van der Waals surface area contributed by atoms with Crippen molar-refractivity contribution in [2.24, 2.45) is 0 Å². The van der Waals surface area contributed by atoms with Crippen molar-refractivity contribution >= 4 is 17.3 Å². The molecule has 2 aromatic carbocycles. The average molecular weight is 308 g/mol. The van der Waals surface area contributed by atoms with E-state index in [0.717, 1.165) is 17.0 Å². The standard InChI is InChI=1S/C16H18ClNO3/c1-19-14-8-7-12(17)9-13(14)18-10-11-5-4-6-15(20-2)16(11)21-3/h4-9,18H,10H2,1-3H3. The first-order chi connectivity index (χ1) is 10.2. The fourth-order valence-corrected chi connectivity index (χ4v) is 2.27. The fourth-order valence-electron chi connectivity index (χ4n) is 2.10. The Labute approximate surface area is 129 Å². The topological polar surface area (TPSA) is 39.7 Å². The Kier molecular flexibility index (Phi) is 5.17. The summed E-state index contributed by atoms with van der Waals surface area (Å²) in [5.41, 5.74) is 1.81. The first kappa shape index (κ1) is 15.3. The summed E-state index contributed by atoms with van der Waals surface area (Å²) >= 11 is 6.02. The van der Waals surface area contributed by atoms with Crippen LogP contribution in [-0.4, -0.2) is 21.3 Å². The summed E-state index contributed by atoms with van der Waals surface area (Å²) < 4.78 is 16.0. The van der Waals surface area contributed by atoms with Crippen LogP contribution in [0.4, 0.5) is 5.69 Å². The molecule has 0 saturated carbocycles. The minimum absolute atomic E-state index is 0.567. The first-order valence-corrected chi connectivity index (χ1v) is 6.84. The van der Waals surface area contributed by atoms with Crippen LogP contribution >= 0.6 is 11.6 Å². The zero-order valence-corrected chi connectivity index (χ0v) is 13.0. The average Bonchev–Trinajstić information content (AvgIpc) is 2.52. The maximum atomic E-state index is 6.02. The Balaban J connectivity index is 2.22. The van der Waals surface area contributed by atoms with Gasteiger partial charge in [-0.3, -0.25) is 0 Å². The minimum Gasteiger partial charge on any atom is -0.495 e. The van der Waals surface area contributed by atoms with Gasteiger partial charge in [0.2, 0.25) is 0 Å². The van der Waals surface area contributed by atoms with E-state index in [9.17, 15) is 0 Å². The van der Waals surface area contributed by atoms with E-state index in [0.29, 0.717) is 23.1 Å². The van der Waals surface area contributed by atoms with E-state index < -0.39 is 0 Å². The quantitative estimate of drug-likeness (QED) is 0.876. The van der Waals surface area contributed by atoms with Crippen molar-refractivity contribution in [3.05, 3.63) is 47.0 Å². The van der Waals surface area contributed by atoms with Crippen LogP contribution in [-0.2, 0) is 6.54 Å². The van der Waals surface area contributed by atoms with Crippen LogP contribution in [0.25, 0.3) is 0 Å². The van der Waals surface area contributed by atoms with Gasteiger partial charge < -0.3 is 19.5 Å². The highest BCUT2D eigenvalue weighted by Crippen LogP contribution is 2.33. The number of hydrogen-bond donors (Lipinski definition) is 1. The maximum absolute atomic E-state index is 6.02. The molecular weight excluding hydrogens is 290 g/mol. The molecule has 0 aromatic heterocycles. The molecule has 2 aromatic rings. The summed E-state index contributed by atoms with van der Waals surface area (Å²) in [6.45, 7) is 0.567. The van der Waals surface area contributed by atoms with Crippen LogP contribution in [0.1, 0.15) is 5.56 Å². The van der Waals surface area contributed by atoms with Crippen molar-refractivity contribution < 1.29 is 14.2 Å². The molecule has 0 spiro atoms. The van der Waals surface area contributed by atoms with Gasteiger partial charge in [0.05, 0.1) is 27.0 Å². The Morgan fingerprint density at radius 3 is 2.38 bits per heavy atom. The normalized spacial score (nSPS) is 10.1. The zero-order chi connectivity index (χ0) is 15.2. The molecule has 2 rings (SSSR count). The molecule has 1 N–H and O–H groups in total. The number of methoxy groups -OCH3 is 3. The number of hydrogen-bond acceptors (Lipinski definition) is 4. The predicted molar refractivity (Wildman–Crippen MR) is 84.9 cm³/mol. The molecule has 0 radical (unpaired) electrons. The second-order valence-corrected chi connectivity index (χ2v) is 4.79. The molecule has 0 fully saturated rings. The summed E-state index contributed by atoms with van der Waals surface area (Å²) in [5, 5.41) is 3.95. The van der Waals surface area contributed by atoms with Crippen molar-refractivity contribution in [3.63, 3.8) is 0 Å². The number of anilines is 1. The van der Waals surface area contributed by atoms with Gasteiger partial charge in [0, 0.05) is 17.1 Å². The molecule has 0 saturated heterocycles. The molecule has 0 amide bonds. The van der Waals surface area contributed by atoms with Gasteiger partial charge >= 0.3 is 0 Å². The summed E-state index contributed by atoms with van der Waals surface area (Å²) in [7, 11) is 4.87. The van der Waals surface area contributed by atoms with Gasteiger partial charge in [-0.25, -0.2) is 0 Å². The van der Waals surface area contributed by atoms with Crippen molar-refractivity contribution in [1.29, 1.82) is 0 Å². The van der Waals surface area contributed by atoms with Crippen LogP contribution in [0, 0.1) is 0 Å². The van der Waals surface area contributed by atoms with Crippen molar-refractivity contribution in [2.75, 3.05) is 26.6 Å². The third-order valence-electron chi connectivity index (χ3n) is 3.12. The Hall–Kier alpha value is -2.07. The predicted octanol–water partition coefficient (Wildman–Crippen LogP) is 3.98. The second-order valence-electron chi connectivity index (χ2n) is 4.35. The highest BCUT2D eigenvalue weighted by molar-refractivity contribution is 6.30. The smallest absolute Gasteiger partial charge is 0.165 e. The highest BCUT2D eigenvalue weighted by Gasteiger charge is 2.10. The van der Waals surface area contributed by atoms with Gasteiger partial charge in [-0.15, -0.1) is 0 Å². The monoisotopic (exact) mass is 307 g/mol. The number of para-hydroxylation sites is 1. The lowest BCUT2D eigenvalue weighted by molar-refractivity contribution is 0.352. The van der Waals surface area contributed by atoms with Gasteiger partial charge in [0.1, 0.15) is 5.75 Å². The maximum Gasteiger partial charge on any atom is 0.165 e. The number of rotatable bonds is 6. The lowest BCUT2D eigenvalue weighted by Crippen LogP contribution is -2.04. The number of nitrogens with one attached hydrogen (secondary N) is 1. The second kappa shape index (κ2) is 7.09. The molecule has 0 unspecified atom stereocenters. The molecule has 0 bridgehead atoms. The van der Waals surface area contributed by atoms with E-state index in [1.165, 1.54) is 0 Å². The first-order valence-electron chi connectivity index (χ1n) is 6.47. The molecule has 0 aliphatic carbocycles. The third kappa shape index (κ3) is 3.52. The Morgan fingerprint density at radius 1 is 0.952 bits per heavy atom. The summed E-state index contributed by atoms with van der Waals surface area (Å²) in [6, 6.07) is 11.2. The molecule has 0 aliphatic heterocycles. The van der Waals surface area contributed by atoms with Crippen LogP contribution in [0.3, 0.4) is 0 Å². The zero-order valence-electron chi connectivity index (χ0n) is 12.3. The van der Waals surface area contributed by atoms with Crippen molar-refractivity contribution in [3.8, 4) is 17.2 Å². The van der Waals surface area contributed by atoms with Gasteiger partial charge in [-0.1, -0.05) is 23.7 Å². The van der Waals surface area contributed by atoms with Crippen LogP contribution in [0.2, 0.25) is 5.02 Å². The van der Waals surface area contributed by atoms with Gasteiger partial charge in [-0.2, -0.15) is 0 Å². The van der Waals surface area contributed by atoms with Crippen molar-refractivity contribution in [2.45, 2.75) is 6.54 Å². The minimum atomic E-state index is 0.567. The third-order valence-corrected chi connectivity index (χ3v) is 3.35. The fraction of sp³-hybridized carbons (Fsp3) is 0.250. The largest absolute Gasteiger partial charge is 0.495 e. The Morgan fingerprint density at radius 2 is 1.71 bits per heavy atom. The molecule has 5 heteroatoms. The molecule has 0 atom stereocenters. The SMILES string of the molecule is COc1ccc(Cl)cc1NCc1cccc(OC)c1OC. The van der Waals surface area contributed by atoms with E-state index in [1.54, 1.807) is 27.4 Å². The Bertz CT molecular complexity index is 616. The van der Waals surface area contributed by atoms with E-state index in [-0.39, 0.29) is 0 Å². The van der Waals surface area contributed by atoms with E-state index >= 15 is 0 Å².